The number of hydrogen-bond donors (Lipinski definition) is 1. The molecule has 4 nitrogen and oxygen atoms in total. The fraction of sp³-hybridized carbons (Fsp3) is 0.0500. The highest BCUT2D eigenvalue weighted by molar-refractivity contribution is 7.30. The van der Waals surface area contributed by atoms with E-state index in [1.807, 2.05) is 71.2 Å². The van der Waals surface area contributed by atoms with E-state index >= 15 is 0 Å². The maximum Gasteiger partial charge on any atom is 0.207 e. The molecule has 9 rings (SSSR count). The number of hydrogen-bond acceptors (Lipinski definition) is 3. The summed E-state index contributed by atoms with van der Waals surface area (Å²) in [6, 6.07) is 46.4. The maximum atomic E-state index is 7.19. The molecule has 0 saturated carbocycles. The van der Waals surface area contributed by atoms with Crippen molar-refractivity contribution in [1.29, 1.82) is 0 Å². The average molecular weight is 629 g/mol. The van der Waals surface area contributed by atoms with Gasteiger partial charge in [-0.05, 0) is 30.7 Å². The van der Waals surface area contributed by atoms with E-state index in [0.29, 0.717) is 11.8 Å². The molecule has 0 saturated heterocycles. The molecular formula is C40H28N4S2. The van der Waals surface area contributed by atoms with Crippen molar-refractivity contribution in [2.45, 2.75) is 13.0 Å². The molecule has 0 aliphatic carbocycles. The van der Waals surface area contributed by atoms with E-state index in [1.54, 1.807) is 0 Å². The van der Waals surface area contributed by atoms with Crippen molar-refractivity contribution in [2.24, 2.45) is 15.7 Å². The van der Waals surface area contributed by atoms with E-state index in [-0.39, 0.29) is 6.04 Å². The Bertz CT molecular complexity index is 2630. The Morgan fingerprint density at radius 3 is 1.80 bits per heavy atom. The number of nitrogens with zero attached hydrogens (tertiary/aromatic N) is 3. The Morgan fingerprint density at radius 2 is 1.13 bits per heavy atom. The van der Waals surface area contributed by atoms with Crippen LogP contribution >= 0.6 is 22.7 Å². The van der Waals surface area contributed by atoms with Gasteiger partial charge in [-0.3, -0.25) is 9.56 Å². The molecule has 0 spiro atoms. The van der Waals surface area contributed by atoms with Gasteiger partial charge in [0.15, 0.2) is 5.84 Å². The van der Waals surface area contributed by atoms with Crippen LogP contribution in [0.25, 0.3) is 62.2 Å². The van der Waals surface area contributed by atoms with Crippen LogP contribution in [0.2, 0.25) is 0 Å². The second kappa shape index (κ2) is 10.7. The zero-order valence-corrected chi connectivity index (χ0v) is 26.6. The Kier molecular flexibility index (Phi) is 6.27. The van der Waals surface area contributed by atoms with Crippen LogP contribution in [0.5, 0.6) is 0 Å². The van der Waals surface area contributed by atoms with Crippen LogP contribution < -0.4 is 5.73 Å². The Hall–Kier alpha value is -5.30. The number of benzene rings is 6. The highest BCUT2D eigenvalue weighted by atomic mass is 32.1. The van der Waals surface area contributed by atoms with Crippen LogP contribution in [0.1, 0.15) is 24.1 Å². The minimum Gasteiger partial charge on any atom is -0.369 e. The smallest absolute Gasteiger partial charge is 0.207 e. The van der Waals surface area contributed by atoms with Crippen molar-refractivity contribution in [3.8, 4) is 0 Å². The van der Waals surface area contributed by atoms with E-state index in [9.17, 15) is 0 Å². The lowest BCUT2D eigenvalue weighted by atomic mass is 10.0. The van der Waals surface area contributed by atoms with Gasteiger partial charge < -0.3 is 5.73 Å². The van der Waals surface area contributed by atoms with E-state index in [4.69, 9.17) is 15.7 Å². The third kappa shape index (κ3) is 4.11. The summed E-state index contributed by atoms with van der Waals surface area (Å²) in [5.74, 6) is 1.00. The van der Waals surface area contributed by atoms with E-state index < -0.39 is 0 Å². The van der Waals surface area contributed by atoms with Crippen LogP contribution in [0.3, 0.4) is 0 Å². The number of rotatable bonds is 3. The van der Waals surface area contributed by atoms with Crippen molar-refractivity contribution < 1.29 is 0 Å². The number of aromatic nitrogens is 1. The van der Waals surface area contributed by atoms with Gasteiger partial charge in [0.1, 0.15) is 0 Å². The van der Waals surface area contributed by atoms with Crippen LogP contribution in [-0.4, -0.2) is 16.4 Å². The number of amidine groups is 1. The van der Waals surface area contributed by atoms with Gasteiger partial charge in [0.25, 0.3) is 0 Å². The first-order valence-electron chi connectivity index (χ1n) is 15.4. The predicted molar refractivity (Wildman–Crippen MR) is 200 cm³/mol. The summed E-state index contributed by atoms with van der Waals surface area (Å²) in [7, 11) is 0. The molecule has 0 aliphatic heterocycles. The summed E-state index contributed by atoms with van der Waals surface area (Å²) in [6.45, 7) is 2.10. The van der Waals surface area contributed by atoms with Gasteiger partial charge in [-0.25, -0.2) is 0 Å². The molecule has 220 valence electrons. The Morgan fingerprint density at radius 1 is 0.609 bits per heavy atom. The summed E-state index contributed by atoms with van der Waals surface area (Å²) in [5, 5.41) is 7.46. The van der Waals surface area contributed by atoms with Crippen molar-refractivity contribution in [1.82, 2.24) is 4.57 Å². The molecule has 0 fully saturated rings. The monoisotopic (exact) mass is 628 g/mol. The standard InChI is InChI=1S/C40H28N4S2/c1-24(25-14-4-2-5-15-25)42-39(26-16-6-3-7-17-26)43-40(41)44-30-21-11-8-18-27(30)33-36(44)34-28-19-9-12-22-31(28)45-38(34)35-29-20-10-13-23-32(29)46-37(33)35/h2-24H,1H3,(H2,41,42,43). The van der Waals surface area contributed by atoms with E-state index in [2.05, 4.69) is 96.4 Å². The van der Waals surface area contributed by atoms with Gasteiger partial charge >= 0.3 is 0 Å². The lowest BCUT2D eigenvalue weighted by Gasteiger charge is -2.12. The van der Waals surface area contributed by atoms with Crippen LogP contribution in [-0.2, 0) is 0 Å². The topological polar surface area (TPSA) is 55.7 Å². The first-order valence-corrected chi connectivity index (χ1v) is 17.0. The molecule has 0 aliphatic rings. The summed E-state index contributed by atoms with van der Waals surface area (Å²) in [4.78, 5) is 10.3. The van der Waals surface area contributed by atoms with Crippen molar-refractivity contribution >= 4 is 96.6 Å². The molecule has 9 aromatic rings. The van der Waals surface area contributed by atoms with E-state index in [0.717, 1.165) is 22.2 Å². The lowest BCUT2D eigenvalue weighted by molar-refractivity contribution is 0.818. The molecule has 1 atom stereocenters. The highest BCUT2D eigenvalue weighted by Gasteiger charge is 2.25. The van der Waals surface area contributed by atoms with E-state index in [1.165, 1.54) is 51.1 Å². The molecular weight excluding hydrogens is 601 g/mol. The predicted octanol–water partition coefficient (Wildman–Crippen LogP) is 10.9. The fourth-order valence-electron chi connectivity index (χ4n) is 6.75. The Balaban J connectivity index is 1.42. The number of nitrogens with two attached hydrogens (primary N) is 1. The third-order valence-corrected chi connectivity index (χ3v) is 11.2. The van der Waals surface area contributed by atoms with Crippen LogP contribution in [0.15, 0.2) is 143 Å². The number of thiophene rings is 2. The molecule has 3 heterocycles. The molecule has 6 aromatic carbocycles. The number of para-hydroxylation sites is 1. The molecule has 46 heavy (non-hydrogen) atoms. The first kappa shape index (κ1) is 27.0. The van der Waals surface area contributed by atoms with Gasteiger partial charge in [0.2, 0.25) is 5.96 Å². The highest BCUT2D eigenvalue weighted by Crippen LogP contribution is 2.51. The summed E-state index contributed by atoms with van der Waals surface area (Å²) < 4.78 is 7.29. The molecule has 2 N–H and O–H groups in total. The number of aliphatic imine (C=N–C) groups is 2. The normalized spacial score (nSPS) is 13.6. The second-order valence-electron chi connectivity index (χ2n) is 11.6. The van der Waals surface area contributed by atoms with Gasteiger partial charge in [0.05, 0.1) is 17.1 Å². The van der Waals surface area contributed by atoms with Crippen LogP contribution in [0, 0.1) is 0 Å². The molecule has 0 bridgehead atoms. The zero-order chi connectivity index (χ0) is 30.8. The largest absolute Gasteiger partial charge is 0.369 e. The average Bonchev–Trinajstić information content (AvgIpc) is 3.78. The van der Waals surface area contributed by atoms with Crippen molar-refractivity contribution in [3.05, 3.63) is 145 Å². The van der Waals surface area contributed by atoms with Gasteiger partial charge in [-0.2, -0.15) is 4.99 Å². The molecule has 3 aromatic heterocycles. The third-order valence-electron chi connectivity index (χ3n) is 8.84. The first-order chi connectivity index (χ1) is 22.7. The minimum absolute atomic E-state index is 0.100. The summed E-state index contributed by atoms with van der Waals surface area (Å²) in [6.07, 6.45) is 0. The summed E-state index contributed by atoms with van der Waals surface area (Å²) in [5.41, 5.74) is 11.4. The van der Waals surface area contributed by atoms with Gasteiger partial charge in [-0.1, -0.05) is 115 Å². The number of fused-ring (bicyclic) bond motifs is 12. The van der Waals surface area contributed by atoms with Crippen molar-refractivity contribution in [2.75, 3.05) is 0 Å². The lowest BCUT2D eigenvalue weighted by Crippen LogP contribution is -2.24. The fourth-order valence-corrected chi connectivity index (χ4v) is 9.35. The van der Waals surface area contributed by atoms with Gasteiger partial charge in [-0.15, -0.1) is 22.7 Å². The maximum absolute atomic E-state index is 7.19. The van der Waals surface area contributed by atoms with Crippen LogP contribution in [0.4, 0.5) is 0 Å². The molecule has 0 amide bonds. The summed E-state index contributed by atoms with van der Waals surface area (Å²) >= 11 is 3.72. The zero-order valence-electron chi connectivity index (χ0n) is 25.0. The molecule has 6 heteroatoms. The molecule has 1 unspecified atom stereocenters. The SMILES string of the molecule is CC(N=C(N=C(N)n1c2ccccc2c2c3sc4ccccc4c3c3sc4ccccc4c3c21)c1ccccc1)c1ccccc1. The quantitative estimate of drug-likeness (QED) is 0.154. The minimum atomic E-state index is -0.100. The molecule has 0 radical (unpaired) electrons. The van der Waals surface area contributed by atoms with Gasteiger partial charge in [0, 0.05) is 56.7 Å². The second-order valence-corrected chi connectivity index (χ2v) is 13.7. The van der Waals surface area contributed by atoms with Crippen molar-refractivity contribution in [3.63, 3.8) is 0 Å². The Labute approximate surface area is 273 Å².